The van der Waals surface area contributed by atoms with Crippen molar-refractivity contribution in [1.29, 1.82) is 0 Å². The van der Waals surface area contributed by atoms with E-state index < -0.39 is 0 Å². The Labute approximate surface area is 122 Å². The summed E-state index contributed by atoms with van der Waals surface area (Å²) in [6, 6.07) is 9.96. The average Bonchev–Trinajstić information content (AvgIpc) is 3.09. The molecular formula is C18H15NO2. The van der Waals surface area contributed by atoms with Crippen molar-refractivity contribution in [2.75, 3.05) is 0 Å². The highest BCUT2D eigenvalue weighted by molar-refractivity contribution is 6.14. The number of aromatic amines is 1. The Morgan fingerprint density at radius 3 is 2.95 bits per heavy atom. The molecule has 104 valence electrons. The zero-order chi connectivity index (χ0) is 14.4. The van der Waals surface area contributed by atoms with Crippen molar-refractivity contribution in [3.05, 3.63) is 64.7 Å². The second-order valence-corrected chi connectivity index (χ2v) is 5.54. The van der Waals surface area contributed by atoms with E-state index in [9.17, 15) is 4.79 Å². The third-order valence-corrected chi connectivity index (χ3v) is 4.08. The molecule has 1 N–H and O–H groups in total. The van der Waals surface area contributed by atoms with Crippen LogP contribution in [0.3, 0.4) is 0 Å². The number of hydrogen-bond acceptors (Lipinski definition) is 2. The number of hydrogen-bond donors (Lipinski definition) is 1. The summed E-state index contributed by atoms with van der Waals surface area (Å²) in [7, 11) is 0. The second-order valence-electron chi connectivity index (χ2n) is 5.54. The van der Waals surface area contributed by atoms with E-state index in [2.05, 4.69) is 24.0 Å². The zero-order valence-corrected chi connectivity index (χ0v) is 11.8. The maximum Gasteiger partial charge on any atom is 0.205 e. The minimum Gasteiger partial charge on any atom is -0.465 e. The number of ketones is 1. The number of furan rings is 1. The fourth-order valence-corrected chi connectivity index (χ4v) is 3.03. The molecule has 0 amide bonds. The number of carbonyl (C=O) groups is 1. The number of Topliss-reactive ketones (excluding diaryl/α,β-unsaturated/α-hetero) is 1. The minimum absolute atomic E-state index is 0.0847. The monoisotopic (exact) mass is 277 g/mol. The van der Waals surface area contributed by atoms with Gasteiger partial charge in [0.25, 0.3) is 0 Å². The van der Waals surface area contributed by atoms with Gasteiger partial charge in [0.15, 0.2) is 0 Å². The van der Waals surface area contributed by atoms with Crippen LogP contribution in [0.25, 0.3) is 17.0 Å². The van der Waals surface area contributed by atoms with Crippen LogP contribution < -0.4 is 0 Å². The third kappa shape index (κ3) is 1.93. The number of benzene rings is 1. The van der Waals surface area contributed by atoms with E-state index in [1.54, 1.807) is 6.26 Å². The maximum absolute atomic E-state index is 12.7. The molecule has 2 aromatic heterocycles. The number of fused-ring (bicyclic) bond motifs is 3. The number of rotatable bonds is 1. The topological polar surface area (TPSA) is 46.0 Å². The summed E-state index contributed by atoms with van der Waals surface area (Å²) in [4.78, 5) is 15.9. The molecule has 1 aliphatic carbocycles. The van der Waals surface area contributed by atoms with Gasteiger partial charge in [0.1, 0.15) is 5.76 Å². The van der Waals surface area contributed by atoms with Gasteiger partial charge in [0.2, 0.25) is 5.78 Å². The molecular weight excluding hydrogens is 262 g/mol. The summed E-state index contributed by atoms with van der Waals surface area (Å²) in [5.74, 6) is 0.815. The quantitative estimate of drug-likeness (QED) is 0.675. The van der Waals surface area contributed by atoms with E-state index in [4.69, 9.17) is 4.42 Å². The second kappa shape index (κ2) is 4.48. The molecule has 3 nitrogen and oxygen atoms in total. The number of carbonyl (C=O) groups excluding carboxylic acids is 1. The van der Waals surface area contributed by atoms with Crippen molar-refractivity contribution in [2.24, 2.45) is 0 Å². The van der Waals surface area contributed by atoms with E-state index in [1.165, 1.54) is 10.9 Å². The predicted molar refractivity (Wildman–Crippen MR) is 82.4 cm³/mol. The summed E-state index contributed by atoms with van der Waals surface area (Å²) in [6.45, 7) is 2.08. The van der Waals surface area contributed by atoms with E-state index in [1.807, 2.05) is 24.3 Å². The number of aryl methyl sites for hydroxylation is 2. The van der Waals surface area contributed by atoms with Crippen molar-refractivity contribution >= 4 is 22.8 Å². The summed E-state index contributed by atoms with van der Waals surface area (Å²) < 4.78 is 5.31. The lowest BCUT2D eigenvalue weighted by atomic mass is 9.89. The Morgan fingerprint density at radius 2 is 2.14 bits per heavy atom. The first-order valence-electron chi connectivity index (χ1n) is 7.12. The average molecular weight is 277 g/mol. The lowest BCUT2D eigenvalue weighted by Gasteiger charge is -2.13. The largest absolute Gasteiger partial charge is 0.465 e. The summed E-state index contributed by atoms with van der Waals surface area (Å²) >= 11 is 0. The van der Waals surface area contributed by atoms with E-state index >= 15 is 0 Å². The molecule has 4 rings (SSSR count). The van der Waals surface area contributed by atoms with Crippen molar-refractivity contribution in [3.63, 3.8) is 0 Å². The molecule has 0 atom stereocenters. The molecule has 1 aromatic carbocycles. The fourth-order valence-electron chi connectivity index (χ4n) is 3.03. The van der Waals surface area contributed by atoms with Crippen molar-refractivity contribution < 1.29 is 9.21 Å². The van der Waals surface area contributed by atoms with Gasteiger partial charge in [-0.05, 0) is 55.7 Å². The predicted octanol–water partition coefficient (Wildman–Crippen LogP) is 4.28. The lowest BCUT2D eigenvalue weighted by Crippen LogP contribution is -2.13. The smallest absolute Gasteiger partial charge is 0.205 e. The summed E-state index contributed by atoms with van der Waals surface area (Å²) in [6.07, 6.45) is 5.11. The van der Waals surface area contributed by atoms with Gasteiger partial charge >= 0.3 is 0 Å². The summed E-state index contributed by atoms with van der Waals surface area (Å²) in [5.41, 5.74) is 4.95. The van der Waals surface area contributed by atoms with Gasteiger partial charge in [0, 0.05) is 16.5 Å². The molecule has 0 saturated heterocycles. The van der Waals surface area contributed by atoms with Gasteiger partial charge in [-0.1, -0.05) is 11.6 Å². The number of nitrogens with one attached hydrogen (secondary N) is 1. The highest BCUT2D eigenvalue weighted by Gasteiger charge is 2.26. The van der Waals surface area contributed by atoms with Crippen LogP contribution in [0.5, 0.6) is 0 Å². The van der Waals surface area contributed by atoms with Crippen LogP contribution in [0.2, 0.25) is 0 Å². The molecule has 0 unspecified atom stereocenters. The molecule has 0 aliphatic heterocycles. The number of allylic oxidation sites excluding steroid dienone is 1. The number of aromatic nitrogens is 1. The fraction of sp³-hybridized carbons (Fsp3) is 0.167. The molecule has 0 radical (unpaired) electrons. The van der Waals surface area contributed by atoms with Gasteiger partial charge < -0.3 is 9.40 Å². The van der Waals surface area contributed by atoms with Crippen molar-refractivity contribution in [2.45, 2.75) is 19.8 Å². The van der Waals surface area contributed by atoms with Gasteiger partial charge in [-0.3, -0.25) is 4.79 Å². The molecule has 0 saturated carbocycles. The standard InChI is InChI=1S/C18H15NO2/c1-11-4-7-16-15(9-11)14-6-5-12(18(20)17(14)19-16)10-13-3-2-8-21-13/h2-4,7-10,19H,5-6H2,1H3/b12-10-. The van der Waals surface area contributed by atoms with E-state index in [-0.39, 0.29) is 5.78 Å². The Morgan fingerprint density at radius 1 is 1.24 bits per heavy atom. The first-order chi connectivity index (χ1) is 10.2. The SMILES string of the molecule is Cc1ccc2[nH]c3c(c2c1)CC/C(=C/c1ccco1)C3=O. The van der Waals surface area contributed by atoms with Gasteiger partial charge in [-0.15, -0.1) is 0 Å². The van der Waals surface area contributed by atoms with Gasteiger partial charge in [-0.25, -0.2) is 0 Å². The van der Waals surface area contributed by atoms with Crippen LogP contribution in [0.1, 0.15) is 33.8 Å². The Hall–Kier alpha value is -2.55. The zero-order valence-electron chi connectivity index (χ0n) is 11.8. The highest BCUT2D eigenvalue weighted by atomic mass is 16.3. The molecule has 3 aromatic rings. The molecule has 0 spiro atoms. The van der Waals surface area contributed by atoms with Crippen LogP contribution >= 0.6 is 0 Å². The first kappa shape index (κ1) is 12.2. The molecule has 2 heterocycles. The summed E-state index contributed by atoms with van der Waals surface area (Å²) in [5, 5.41) is 1.18. The molecule has 1 aliphatic rings. The van der Waals surface area contributed by atoms with Gasteiger partial charge in [-0.2, -0.15) is 0 Å². The van der Waals surface area contributed by atoms with Crippen LogP contribution in [-0.2, 0) is 6.42 Å². The minimum atomic E-state index is 0.0847. The highest BCUT2D eigenvalue weighted by Crippen LogP contribution is 2.32. The maximum atomic E-state index is 12.7. The Bertz CT molecular complexity index is 866. The molecule has 21 heavy (non-hydrogen) atoms. The molecule has 0 fully saturated rings. The molecule has 0 bridgehead atoms. The van der Waals surface area contributed by atoms with Crippen LogP contribution in [-0.4, -0.2) is 10.8 Å². The third-order valence-electron chi connectivity index (χ3n) is 4.08. The lowest BCUT2D eigenvalue weighted by molar-refractivity contribution is 0.102. The Kier molecular flexibility index (Phi) is 2.61. The normalized spacial score (nSPS) is 16.6. The molecule has 3 heteroatoms. The number of H-pyrrole nitrogens is 1. The van der Waals surface area contributed by atoms with Crippen molar-refractivity contribution in [1.82, 2.24) is 4.98 Å². The van der Waals surface area contributed by atoms with Crippen LogP contribution in [0, 0.1) is 6.92 Å². The Balaban J connectivity index is 1.83. The van der Waals surface area contributed by atoms with E-state index in [0.717, 1.165) is 40.9 Å². The van der Waals surface area contributed by atoms with Gasteiger partial charge in [0.05, 0.1) is 12.0 Å². The van der Waals surface area contributed by atoms with E-state index in [0.29, 0.717) is 0 Å². The van der Waals surface area contributed by atoms with Crippen LogP contribution in [0.4, 0.5) is 0 Å². The first-order valence-corrected chi connectivity index (χ1v) is 7.12. The van der Waals surface area contributed by atoms with Crippen LogP contribution in [0.15, 0.2) is 46.6 Å². The van der Waals surface area contributed by atoms with Crippen molar-refractivity contribution in [3.8, 4) is 0 Å².